The molecule has 0 spiro atoms. The lowest BCUT2D eigenvalue weighted by Gasteiger charge is -2.15. The first-order chi connectivity index (χ1) is 11.1. The zero-order valence-corrected chi connectivity index (χ0v) is 13.2. The van der Waals surface area contributed by atoms with Crippen LogP contribution in [0.15, 0.2) is 34.7 Å². The number of hydrogen-bond acceptors (Lipinski definition) is 7. The number of carboxylic acid groups (broad SMARTS) is 1. The van der Waals surface area contributed by atoms with Gasteiger partial charge in [0.2, 0.25) is 0 Å². The zero-order chi connectivity index (χ0) is 16.8. The van der Waals surface area contributed by atoms with E-state index in [1.165, 1.54) is 43.9 Å². The third kappa shape index (κ3) is 3.67. The first-order valence-electron chi connectivity index (χ1n) is 6.41. The summed E-state index contributed by atoms with van der Waals surface area (Å²) in [5.41, 5.74) is 2.33. The molecule has 0 bridgehead atoms. The molecule has 1 aromatic heterocycles. The van der Waals surface area contributed by atoms with Gasteiger partial charge in [0, 0.05) is 5.56 Å². The minimum absolute atomic E-state index is 0.0287. The molecule has 0 saturated heterocycles. The Kier molecular flexibility index (Phi) is 5.32. The summed E-state index contributed by atoms with van der Waals surface area (Å²) >= 11 is 1.27. The van der Waals surface area contributed by atoms with E-state index in [4.69, 9.17) is 9.47 Å². The Morgan fingerprint density at radius 3 is 2.61 bits per heavy atom. The van der Waals surface area contributed by atoms with Crippen LogP contribution in [0, 0.1) is 0 Å². The smallest absolute Gasteiger partial charge is 0.281 e. The second kappa shape index (κ2) is 7.41. The molecule has 23 heavy (non-hydrogen) atoms. The van der Waals surface area contributed by atoms with E-state index in [2.05, 4.69) is 10.5 Å². The molecule has 0 saturated carbocycles. The Bertz CT molecular complexity index is 741. The number of carbonyl (C=O) groups excluding carboxylic acids is 2. The van der Waals surface area contributed by atoms with Gasteiger partial charge in [0.25, 0.3) is 5.91 Å². The van der Waals surface area contributed by atoms with Crippen LogP contribution in [0.1, 0.15) is 25.6 Å². The van der Waals surface area contributed by atoms with E-state index < -0.39 is 5.97 Å². The number of nitrogens with one attached hydrogen (secondary N) is 1. The van der Waals surface area contributed by atoms with Crippen molar-refractivity contribution >= 4 is 29.4 Å². The van der Waals surface area contributed by atoms with Crippen molar-refractivity contribution in [3.05, 3.63) is 45.6 Å². The predicted octanol–water partition coefficient (Wildman–Crippen LogP) is 0.893. The average Bonchev–Trinajstić information content (AvgIpc) is 3.08. The highest BCUT2D eigenvalue weighted by molar-refractivity contribution is 7.12. The number of amides is 1. The summed E-state index contributed by atoms with van der Waals surface area (Å²) in [4.78, 5) is 23.6. The lowest BCUT2D eigenvalue weighted by Crippen LogP contribution is -2.25. The summed E-state index contributed by atoms with van der Waals surface area (Å²) in [5, 5.41) is 16.9. The minimum atomic E-state index is -1.44. The van der Waals surface area contributed by atoms with Gasteiger partial charge in [-0.05, 0) is 23.6 Å². The van der Waals surface area contributed by atoms with Crippen LogP contribution in [-0.2, 0) is 0 Å². The fourth-order valence-electron chi connectivity index (χ4n) is 1.88. The topological polar surface area (TPSA) is 100 Å². The van der Waals surface area contributed by atoms with Crippen LogP contribution in [0.25, 0.3) is 0 Å². The van der Waals surface area contributed by atoms with Crippen molar-refractivity contribution in [2.24, 2.45) is 5.10 Å². The predicted molar refractivity (Wildman–Crippen MR) is 83.3 cm³/mol. The number of carboxylic acids is 1. The molecule has 1 N–H and O–H groups in total. The van der Waals surface area contributed by atoms with Gasteiger partial charge in [-0.1, -0.05) is 6.07 Å². The van der Waals surface area contributed by atoms with Gasteiger partial charge in [-0.15, -0.1) is 11.3 Å². The number of aromatic carboxylic acids is 1. The first kappa shape index (κ1) is 16.5. The molecule has 7 nitrogen and oxygen atoms in total. The molecule has 0 aliphatic rings. The molecule has 0 unspecified atom stereocenters. The highest BCUT2D eigenvalue weighted by Gasteiger charge is 2.15. The number of hydrazone groups is 1. The summed E-state index contributed by atoms with van der Waals surface area (Å²) in [6, 6.07) is 6.41. The van der Waals surface area contributed by atoms with Crippen LogP contribution >= 0.6 is 11.3 Å². The number of benzene rings is 1. The molecule has 1 heterocycles. The van der Waals surface area contributed by atoms with Gasteiger partial charge in [0.1, 0.15) is 0 Å². The molecular formula is C15H13N2O5S-. The maximum atomic E-state index is 11.8. The van der Waals surface area contributed by atoms with Crippen LogP contribution in [0.4, 0.5) is 0 Å². The maximum absolute atomic E-state index is 11.8. The second-order valence-electron chi connectivity index (χ2n) is 4.23. The van der Waals surface area contributed by atoms with E-state index in [0.717, 1.165) is 0 Å². The Morgan fingerprint density at radius 1 is 1.26 bits per heavy atom. The lowest BCUT2D eigenvalue weighted by molar-refractivity contribution is -0.255. The Hall–Kier alpha value is -2.87. The second-order valence-corrected chi connectivity index (χ2v) is 5.18. The fraction of sp³-hybridized carbons (Fsp3) is 0.133. The van der Waals surface area contributed by atoms with Gasteiger partial charge < -0.3 is 19.4 Å². The number of hydrogen-bond donors (Lipinski definition) is 1. The van der Waals surface area contributed by atoms with E-state index >= 15 is 0 Å². The van der Waals surface area contributed by atoms with Gasteiger partial charge in [0.05, 0.1) is 36.8 Å². The van der Waals surface area contributed by atoms with Crippen LogP contribution in [0.3, 0.4) is 0 Å². The molecule has 0 aliphatic heterocycles. The molecule has 120 valence electrons. The van der Waals surface area contributed by atoms with Crippen LogP contribution in [-0.4, -0.2) is 32.3 Å². The van der Waals surface area contributed by atoms with E-state index in [9.17, 15) is 14.7 Å². The van der Waals surface area contributed by atoms with Crippen molar-refractivity contribution in [2.75, 3.05) is 14.2 Å². The molecule has 0 fully saturated rings. The summed E-state index contributed by atoms with van der Waals surface area (Å²) in [5.74, 6) is -1.54. The van der Waals surface area contributed by atoms with E-state index in [1.54, 1.807) is 17.5 Å². The Balaban J connectivity index is 2.27. The van der Waals surface area contributed by atoms with Crippen molar-refractivity contribution < 1.29 is 24.2 Å². The van der Waals surface area contributed by atoms with Crippen molar-refractivity contribution in [3.8, 4) is 11.5 Å². The van der Waals surface area contributed by atoms with Crippen molar-refractivity contribution in [1.82, 2.24) is 5.43 Å². The number of rotatable bonds is 6. The molecule has 1 aromatic carbocycles. The zero-order valence-electron chi connectivity index (χ0n) is 12.4. The number of ether oxygens (including phenoxy) is 2. The minimum Gasteiger partial charge on any atom is -0.545 e. The van der Waals surface area contributed by atoms with Gasteiger partial charge in [0.15, 0.2) is 11.5 Å². The number of nitrogens with zero attached hydrogens (tertiary/aromatic N) is 1. The molecule has 2 aromatic rings. The molecule has 2 rings (SSSR count). The van der Waals surface area contributed by atoms with Crippen molar-refractivity contribution in [2.45, 2.75) is 0 Å². The van der Waals surface area contributed by atoms with Gasteiger partial charge in [-0.3, -0.25) is 4.79 Å². The number of methoxy groups -OCH3 is 2. The molecule has 0 aliphatic carbocycles. The Morgan fingerprint density at radius 2 is 2.04 bits per heavy atom. The number of carbonyl (C=O) groups is 2. The standard InChI is InChI=1S/C15H14N2O5S/c1-21-10-6-5-9(12(15(19)20)13(10)22-2)8-16-17-14(18)11-4-3-7-23-11/h3-8H,1-2H3,(H,17,18)(H,19,20)/p-1/b16-8-. The van der Waals surface area contributed by atoms with Crippen LogP contribution in [0.5, 0.6) is 11.5 Å². The highest BCUT2D eigenvalue weighted by atomic mass is 32.1. The third-order valence-corrected chi connectivity index (χ3v) is 3.77. The van der Waals surface area contributed by atoms with Crippen molar-refractivity contribution in [3.63, 3.8) is 0 Å². The fourth-order valence-corrected chi connectivity index (χ4v) is 2.50. The third-order valence-electron chi connectivity index (χ3n) is 2.90. The highest BCUT2D eigenvalue weighted by Crippen LogP contribution is 2.32. The van der Waals surface area contributed by atoms with E-state index in [-0.39, 0.29) is 28.5 Å². The largest absolute Gasteiger partial charge is 0.545 e. The SMILES string of the molecule is COc1ccc(/C=N\NC(=O)c2cccs2)c(C(=O)[O-])c1OC. The molecule has 0 radical (unpaired) electrons. The molecule has 8 heteroatoms. The molecule has 1 amide bonds. The normalized spacial score (nSPS) is 10.5. The van der Waals surface area contributed by atoms with E-state index in [1.807, 2.05) is 0 Å². The summed E-state index contributed by atoms with van der Waals surface area (Å²) in [7, 11) is 2.72. The van der Waals surface area contributed by atoms with Crippen LogP contribution < -0.4 is 20.0 Å². The summed E-state index contributed by atoms with van der Waals surface area (Å²) < 4.78 is 10.1. The summed E-state index contributed by atoms with van der Waals surface area (Å²) in [6.45, 7) is 0. The van der Waals surface area contributed by atoms with Crippen molar-refractivity contribution in [1.29, 1.82) is 0 Å². The quantitative estimate of drug-likeness (QED) is 0.625. The van der Waals surface area contributed by atoms with Crippen LogP contribution in [0.2, 0.25) is 0 Å². The van der Waals surface area contributed by atoms with Gasteiger partial charge in [-0.2, -0.15) is 5.10 Å². The maximum Gasteiger partial charge on any atom is 0.281 e. The average molecular weight is 333 g/mol. The molecular weight excluding hydrogens is 320 g/mol. The lowest BCUT2D eigenvalue weighted by atomic mass is 10.1. The van der Waals surface area contributed by atoms with E-state index in [0.29, 0.717) is 4.88 Å². The molecule has 0 atom stereocenters. The first-order valence-corrected chi connectivity index (χ1v) is 7.29. The van der Waals surface area contributed by atoms with Gasteiger partial charge in [-0.25, -0.2) is 5.43 Å². The summed E-state index contributed by atoms with van der Waals surface area (Å²) in [6.07, 6.45) is 1.21. The Labute approximate surface area is 136 Å². The number of thiophene rings is 1. The van der Waals surface area contributed by atoms with Gasteiger partial charge >= 0.3 is 0 Å². The monoisotopic (exact) mass is 333 g/mol.